The van der Waals surface area contributed by atoms with Crippen LogP contribution in [0.5, 0.6) is 0 Å². The zero-order valence-electron chi connectivity index (χ0n) is 12.8. The Balaban J connectivity index is 1.97. The van der Waals surface area contributed by atoms with Crippen molar-refractivity contribution in [1.82, 2.24) is 9.88 Å². The molecule has 0 unspecified atom stereocenters. The van der Waals surface area contributed by atoms with Crippen molar-refractivity contribution in [3.05, 3.63) is 48.4 Å². The van der Waals surface area contributed by atoms with Crippen LogP contribution in [-0.2, 0) is 0 Å². The summed E-state index contributed by atoms with van der Waals surface area (Å²) in [6.45, 7) is 7.36. The second kappa shape index (κ2) is 5.86. The monoisotopic (exact) mass is 282 g/mol. The van der Waals surface area contributed by atoms with Gasteiger partial charge in [-0.1, -0.05) is 18.7 Å². The van der Waals surface area contributed by atoms with E-state index < -0.39 is 0 Å². The fraction of sp³-hybridized carbons (Fsp3) is 0.389. The lowest BCUT2D eigenvalue weighted by Crippen LogP contribution is -2.17. The molecule has 1 aliphatic heterocycles. The van der Waals surface area contributed by atoms with Crippen LogP contribution in [0.15, 0.2) is 41.7 Å². The predicted octanol–water partition coefficient (Wildman–Crippen LogP) is 4.57. The van der Waals surface area contributed by atoms with Gasteiger partial charge in [0.1, 0.15) is 6.26 Å². The molecule has 0 aliphatic carbocycles. The smallest absolute Gasteiger partial charge is 0.226 e. The Hall–Kier alpha value is -1.87. The molecule has 0 amide bonds. The Morgan fingerprint density at radius 2 is 2.43 bits per heavy atom. The minimum atomic E-state index is 0.480. The van der Waals surface area contributed by atoms with E-state index in [1.54, 1.807) is 6.26 Å². The van der Waals surface area contributed by atoms with Gasteiger partial charge in [-0.05, 0) is 57.0 Å². The Morgan fingerprint density at radius 1 is 1.57 bits per heavy atom. The van der Waals surface area contributed by atoms with E-state index in [-0.39, 0.29) is 0 Å². The minimum absolute atomic E-state index is 0.480. The molecule has 3 heterocycles. The Labute approximate surface area is 126 Å². The molecule has 1 fully saturated rings. The highest BCUT2D eigenvalue weighted by atomic mass is 16.3. The van der Waals surface area contributed by atoms with Gasteiger partial charge in [-0.2, -0.15) is 0 Å². The van der Waals surface area contributed by atoms with Crippen molar-refractivity contribution in [2.45, 2.75) is 32.2 Å². The van der Waals surface area contributed by atoms with Crippen molar-refractivity contribution in [2.24, 2.45) is 0 Å². The van der Waals surface area contributed by atoms with Gasteiger partial charge in [0.2, 0.25) is 5.71 Å². The molecule has 1 atom stereocenters. The molecule has 0 radical (unpaired) electrons. The SMILES string of the molecule is C=C(C/C=C\C)c1coc2ncc([C@@H]3CCCN3C)cc12. The largest absolute Gasteiger partial charge is 0.445 e. The third kappa shape index (κ3) is 2.66. The fourth-order valence-electron chi connectivity index (χ4n) is 3.09. The van der Waals surface area contributed by atoms with E-state index in [1.165, 1.54) is 18.4 Å². The van der Waals surface area contributed by atoms with Crippen LogP contribution < -0.4 is 0 Å². The van der Waals surface area contributed by atoms with Crippen LogP contribution in [0, 0.1) is 0 Å². The van der Waals surface area contributed by atoms with E-state index in [2.05, 4.69) is 35.7 Å². The zero-order chi connectivity index (χ0) is 14.8. The highest BCUT2D eigenvalue weighted by Crippen LogP contribution is 2.34. The molecule has 0 aromatic carbocycles. The number of pyridine rings is 1. The molecule has 3 nitrogen and oxygen atoms in total. The average Bonchev–Trinajstić information content (AvgIpc) is 3.10. The summed E-state index contributed by atoms with van der Waals surface area (Å²) >= 11 is 0. The summed E-state index contributed by atoms with van der Waals surface area (Å²) in [5.74, 6) is 0. The number of furan rings is 1. The number of aromatic nitrogens is 1. The van der Waals surface area contributed by atoms with Crippen molar-refractivity contribution in [1.29, 1.82) is 0 Å². The summed E-state index contributed by atoms with van der Waals surface area (Å²) in [6.07, 6.45) is 11.2. The summed E-state index contributed by atoms with van der Waals surface area (Å²) in [6, 6.07) is 2.71. The normalized spacial score (nSPS) is 19.8. The average molecular weight is 282 g/mol. The molecule has 0 spiro atoms. The molecule has 21 heavy (non-hydrogen) atoms. The third-order valence-corrected chi connectivity index (χ3v) is 4.34. The van der Waals surface area contributed by atoms with E-state index in [0.29, 0.717) is 11.8 Å². The maximum Gasteiger partial charge on any atom is 0.226 e. The number of rotatable bonds is 4. The quantitative estimate of drug-likeness (QED) is 0.769. The summed E-state index contributed by atoms with van der Waals surface area (Å²) < 4.78 is 5.58. The molecule has 1 saturated heterocycles. The maximum absolute atomic E-state index is 5.58. The Morgan fingerprint density at radius 3 is 3.14 bits per heavy atom. The number of hydrogen-bond acceptors (Lipinski definition) is 3. The highest BCUT2D eigenvalue weighted by Gasteiger charge is 2.23. The number of fused-ring (bicyclic) bond motifs is 1. The van der Waals surface area contributed by atoms with Crippen LogP contribution in [0.4, 0.5) is 0 Å². The third-order valence-electron chi connectivity index (χ3n) is 4.34. The zero-order valence-corrected chi connectivity index (χ0v) is 12.8. The van der Waals surface area contributed by atoms with E-state index in [4.69, 9.17) is 4.42 Å². The van der Waals surface area contributed by atoms with E-state index >= 15 is 0 Å². The number of hydrogen-bond donors (Lipinski definition) is 0. The van der Waals surface area contributed by atoms with Crippen LogP contribution in [0.25, 0.3) is 16.7 Å². The van der Waals surface area contributed by atoms with Gasteiger partial charge in [0.25, 0.3) is 0 Å². The molecular weight excluding hydrogens is 260 g/mol. The second-order valence-corrected chi connectivity index (χ2v) is 5.79. The molecular formula is C18H22N2O. The molecule has 0 N–H and O–H groups in total. The van der Waals surface area contributed by atoms with Crippen molar-refractivity contribution in [3.8, 4) is 0 Å². The molecule has 3 heteroatoms. The van der Waals surface area contributed by atoms with Crippen molar-refractivity contribution in [3.63, 3.8) is 0 Å². The van der Waals surface area contributed by atoms with Crippen molar-refractivity contribution in [2.75, 3.05) is 13.6 Å². The highest BCUT2D eigenvalue weighted by molar-refractivity contribution is 5.89. The van der Waals surface area contributed by atoms with E-state index in [0.717, 1.165) is 29.5 Å². The van der Waals surface area contributed by atoms with Crippen LogP contribution in [0.2, 0.25) is 0 Å². The molecule has 0 saturated carbocycles. The molecule has 2 aromatic rings. The number of nitrogens with zero attached hydrogens (tertiary/aromatic N) is 2. The number of allylic oxidation sites excluding steroid dienone is 3. The van der Waals surface area contributed by atoms with Gasteiger partial charge in [-0.3, -0.25) is 4.90 Å². The number of likely N-dealkylation sites (tertiary alicyclic amines) is 1. The standard InChI is InChI=1S/C18H22N2O/c1-4-5-7-13(2)16-12-21-18-15(16)10-14(11-19-18)17-8-6-9-20(17)3/h4-5,10-12,17H,2,6-9H2,1,3H3/b5-4-/t17-/m0/s1. The summed E-state index contributed by atoms with van der Waals surface area (Å²) in [5, 5.41) is 1.09. The summed E-state index contributed by atoms with van der Waals surface area (Å²) in [5.41, 5.74) is 4.14. The molecule has 0 bridgehead atoms. The van der Waals surface area contributed by atoms with Gasteiger partial charge in [0, 0.05) is 23.2 Å². The van der Waals surface area contributed by atoms with Gasteiger partial charge < -0.3 is 4.42 Å². The topological polar surface area (TPSA) is 29.3 Å². The second-order valence-electron chi connectivity index (χ2n) is 5.79. The lowest BCUT2D eigenvalue weighted by Gasteiger charge is -2.19. The van der Waals surface area contributed by atoms with Gasteiger partial charge >= 0.3 is 0 Å². The summed E-state index contributed by atoms with van der Waals surface area (Å²) in [7, 11) is 2.18. The van der Waals surface area contributed by atoms with Crippen LogP contribution in [0.3, 0.4) is 0 Å². The first-order valence-electron chi connectivity index (χ1n) is 7.57. The lowest BCUT2D eigenvalue weighted by molar-refractivity contribution is 0.317. The van der Waals surface area contributed by atoms with Gasteiger partial charge in [0.15, 0.2) is 0 Å². The first-order chi connectivity index (χ1) is 10.2. The van der Waals surface area contributed by atoms with Gasteiger partial charge in [-0.25, -0.2) is 4.98 Å². The first kappa shape index (κ1) is 14.1. The van der Waals surface area contributed by atoms with Crippen molar-refractivity contribution < 1.29 is 4.42 Å². The first-order valence-corrected chi connectivity index (χ1v) is 7.57. The van der Waals surface area contributed by atoms with Crippen LogP contribution in [-0.4, -0.2) is 23.5 Å². The Bertz CT molecular complexity index is 684. The fourth-order valence-corrected chi connectivity index (χ4v) is 3.09. The van der Waals surface area contributed by atoms with Gasteiger partial charge in [-0.15, -0.1) is 0 Å². The molecule has 3 rings (SSSR count). The van der Waals surface area contributed by atoms with Crippen LogP contribution in [0.1, 0.15) is 43.4 Å². The van der Waals surface area contributed by atoms with E-state index in [1.807, 2.05) is 19.2 Å². The Kier molecular flexibility index (Phi) is 3.93. The summed E-state index contributed by atoms with van der Waals surface area (Å²) in [4.78, 5) is 6.89. The molecule has 1 aliphatic rings. The molecule has 110 valence electrons. The van der Waals surface area contributed by atoms with Gasteiger partial charge in [0.05, 0.1) is 0 Å². The predicted molar refractivity (Wildman–Crippen MR) is 87.1 cm³/mol. The van der Waals surface area contributed by atoms with Crippen LogP contribution >= 0.6 is 0 Å². The lowest BCUT2D eigenvalue weighted by atomic mass is 10.0. The molecule has 2 aromatic heterocycles. The minimum Gasteiger partial charge on any atom is -0.445 e. The van der Waals surface area contributed by atoms with E-state index in [9.17, 15) is 0 Å². The van der Waals surface area contributed by atoms with Crippen molar-refractivity contribution >= 4 is 16.7 Å². The maximum atomic E-state index is 5.58.